The van der Waals surface area contributed by atoms with E-state index >= 15 is 0 Å². The van der Waals surface area contributed by atoms with Crippen molar-refractivity contribution in [2.75, 3.05) is 7.11 Å². The van der Waals surface area contributed by atoms with Crippen molar-refractivity contribution in [3.8, 4) is 0 Å². The van der Waals surface area contributed by atoms with Crippen molar-refractivity contribution in [2.45, 2.75) is 37.4 Å². The van der Waals surface area contributed by atoms with Gasteiger partial charge in [-0.3, -0.25) is 4.79 Å². The van der Waals surface area contributed by atoms with E-state index in [-0.39, 0.29) is 35.6 Å². The molecule has 1 aromatic carbocycles. The molecule has 0 radical (unpaired) electrons. The minimum atomic E-state index is -0.484. The van der Waals surface area contributed by atoms with Crippen LogP contribution in [-0.4, -0.2) is 25.3 Å². The molecule has 0 aromatic heterocycles. The summed E-state index contributed by atoms with van der Waals surface area (Å²) in [5.74, 6) is -1.85. The Bertz CT molecular complexity index is 526. The van der Waals surface area contributed by atoms with Crippen molar-refractivity contribution >= 4 is 5.97 Å². The number of carbonyl (C=O) groups is 1. The molecule has 0 saturated heterocycles. The highest BCUT2D eigenvalue weighted by atomic mass is 19.1. The van der Waals surface area contributed by atoms with Crippen molar-refractivity contribution in [3.63, 3.8) is 0 Å². The van der Waals surface area contributed by atoms with E-state index in [0.717, 1.165) is 18.2 Å². The molecule has 2 fully saturated rings. The highest BCUT2D eigenvalue weighted by Gasteiger charge is 2.48. The monoisotopic (exact) mass is 282 g/mol. The summed E-state index contributed by atoms with van der Waals surface area (Å²) in [5.41, 5.74) is 0.273. The van der Waals surface area contributed by atoms with Crippen LogP contribution in [0.2, 0.25) is 0 Å². The Morgan fingerprint density at radius 3 is 2.65 bits per heavy atom. The zero-order valence-electron chi connectivity index (χ0n) is 11.1. The molecular formula is C15H16F2O3. The number of hydrogen-bond acceptors (Lipinski definition) is 3. The average molecular weight is 282 g/mol. The number of halogens is 2. The molecule has 0 heterocycles. The molecule has 2 aliphatic carbocycles. The smallest absolute Gasteiger partial charge is 0.309 e. The molecule has 0 unspecified atom stereocenters. The second-order valence-corrected chi connectivity index (χ2v) is 5.50. The quantitative estimate of drug-likeness (QED) is 0.797. The highest BCUT2D eigenvalue weighted by molar-refractivity contribution is 5.77. The number of rotatable bonds is 4. The van der Waals surface area contributed by atoms with Crippen LogP contribution in [0.15, 0.2) is 18.2 Å². The van der Waals surface area contributed by atoms with E-state index in [2.05, 4.69) is 0 Å². The van der Waals surface area contributed by atoms with Gasteiger partial charge in [-0.15, -0.1) is 0 Å². The summed E-state index contributed by atoms with van der Waals surface area (Å²) in [7, 11) is 1.63. The lowest BCUT2D eigenvalue weighted by Crippen LogP contribution is -2.38. The molecule has 2 saturated carbocycles. The maximum atomic E-state index is 13.6. The first-order chi connectivity index (χ1) is 9.58. The van der Waals surface area contributed by atoms with Gasteiger partial charge in [-0.1, -0.05) is 0 Å². The van der Waals surface area contributed by atoms with Crippen molar-refractivity contribution in [3.05, 3.63) is 35.4 Å². The number of carbonyl (C=O) groups excluding carboxylic acids is 1. The van der Waals surface area contributed by atoms with Gasteiger partial charge in [0.2, 0.25) is 0 Å². The Labute approximate surface area is 115 Å². The molecule has 0 N–H and O–H groups in total. The summed E-state index contributed by atoms with van der Waals surface area (Å²) in [6, 6.07) is 3.34. The maximum absolute atomic E-state index is 13.6. The predicted molar refractivity (Wildman–Crippen MR) is 67.1 cm³/mol. The summed E-state index contributed by atoms with van der Waals surface area (Å²) in [6.45, 7) is 0. The minimum Gasteiger partial charge on any atom is -0.462 e. The number of esters is 1. The first kappa shape index (κ1) is 13.5. The van der Waals surface area contributed by atoms with E-state index < -0.39 is 11.6 Å². The minimum absolute atomic E-state index is 0.0916. The largest absolute Gasteiger partial charge is 0.462 e. The summed E-state index contributed by atoms with van der Waals surface area (Å²) >= 11 is 0. The molecule has 0 aliphatic heterocycles. The Balaban J connectivity index is 1.56. The molecule has 1 aromatic rings. The molecule has 5 heteroatoms. The maximum Gasteiger partial charge on any atom is 0.309 e. The van der Waals surface area contributed by atoms with Gasteiger partial charge in [-0.2, -0.15) is 0 Å². The van der Waals surface area contributed by atoms with Gasteiger partial charge in [-0.25, -0.2) is 8.78 Å². The molecule has 20 heavy (non-hydrogen) atoms. The van der Waals surface area contributed by atoms with Gasteiger partial charge in [-0.05, 0) is 30.2 Å². The Morgan fingerprint density at radius 2 is 1.95 bits per heavy atom. The number of hydrogen-bond donors (Lipinski definition) is 0. The highest BCUT2D eigenvalue weighted by Crippen LogP contribution is 2.49. The zero-order valence-corrected chi connectivity index (χ0v) is 11.1. The molecule has 0 bridgehead atoms. The lowest BCUT2D eigenvalue weighted by Gasteiger charge is -2.33. The van der Waals surface area contributed by atoms with Crippen LogP contribution in [0.5, 0.6) is 0 Å². The molecule has 0 spiro atoms. The van der Waals surface area contributed by atoms with E-state index in [0.29, 0.717) is 19.3 Å². The summed E-state index contributed by atoms with van der Waals surface area (Å²) in [5, 5.41) is 0. The third kappa shape index (κ3) is 2.54. The van der Waals surface area contributed by atoms with Crippen molar-refractivity contribution in [2.24, 2.45) is 5.92 Å². The third-order valence-electron chi connectivity index (χ3n) is 4.12. The lowest BCUT2D eigenvalue weighted by atomic mass is 9.92. The Kier molecular flexibility index (Phi) is 3.46. The first-order valence-electron chi connectivity index (χ1n) is 6.76. The second-order valence-electron chi connectivity index (χ2n) is 5.50. The van der Waals surface area contributed by atoms with Gasteiger partial charge in [0.1, 0.15) is 17.7 Å². The molecule has 2 atom stereocenters. The fourth-order valence-electron chi connectivity index (χ4n) is 2.66. The van der Waals surface area contributed by atoms with E-state index in [9.17, 15) is 13.6 Å². The molecule has 3 rings (SSSR count). The third-order valence-corrected chi connectivity index (χ3v) is 4.12. The lowest BCUT2D eigenvalue weighted by molar-refractivity contribution is -0.162. The second kappa shape index (κ2) is 5.13. The van der Waals surface area contributed by atoms with Crippen LogP contribution in [-0.2, 0) is 14.3 Å². The SMILES string of the molecule is COC1CC(OC(=O)[C@H]2C[C@@H]2c2cc(F)ccc2F)C1. The van der Waals surface area contributed by atoms with Crippen LogP contribution in [0.4, 0.5) is 8.78 Å². The average Bonchev–Trinajstić information content (AvgIpc) is 3.16. The summed E-state index contributed by atoms with van der Waals surface area (Å²) < 4.78 is 37.2. The van der Waals surface area contributed by atoms with Crippen LogP contribution in [0.1, 0.15) is 30.7 Å². The van der Waals surface area contributed by atoms with Gasteiger partial charge in [0.25, 0.3) is 0 Å². The van der Waals surface area contributed by atoms with Crippen LogP contribution in [0, 0.1) is 17.6 Å². The summed E-state index contributed by atoms with van der Waals surface area (Å²) in [4.78, 5) is 11.9. The summed E-state index contributed by atoms with van der Waals surface area (Å²) in [6.07, 6.45) is 2.04. The van der Waals surface area contributed by atoms with Gasteiger partial charge in [0.05, 0.1) is 12.0 Å². The van der Waals surface area contributed by atoms with Crippen LogP contribution in [0.3, 0.4) is 0 Å². The topological polar surface area (TPSA) is 35.5 Å². The number of ether oxygens (including phenoxy) is 2. The van der Waals surface area contributed by atoms with E-state index in [1.165, 1.54) is 0 Å². The van der Waals surface area contributed by atoms with E-state index in [1.54, 1.807) is 7.11 Å². The Hall–Kier alpha value is -1.49. The molecule has 2 aliphatic rings. The fraction of sp³-hybridized carbons (Fsp3) is 0.533. The molecule has 108 valence electrons. The van der Waals surface area contributed by atoms with Gasteiger partial charge in [0, 0.05) is 25.9 Å². The fourth-order valence-corrected chi connectivity index (χ4v) is 2.66. The zero-order chi connectivity index (χ0) is 14.3. The van der Waals surface area contributed by atoms with Crippen LogP contribution < -0.4 is 0 Å². The van der Waals surface area contributed by atoms with Crippen molar-refractivity contribution < 1.29 is 23.0 Å². The standard InChI is InChI=1S/C15H16F2O3/c1-19-9-5-10(6-9)20-15(18)13-7-11(13)12-4-8(16)2-3-14(12)17/h2-4,9-11,13H,5-7H2,1H3/t9?,10?,11-,13+/m1/s1. The first-order valence-corrected chi connectivity index (χ1v) is 6.76. The van der Waals surface area contributed by atoms with Gasteiger partial charge < -0.3 is 9.47 Å². The van der Waals surface area contributed by atoms with Crippen LogP contribution in [0.25, 0.3) is 0 Å². The number of methoxy groups -OCH3 is 1. The molecule has 0 amide bonds. The number of benzene rings is 1. The van der Waals surface area contributed by atoms with Crippen molar-refractivity contribution in [1.82, 2.24) is 0 Å². The molecule has 3 nitrogen and oxygen atoms in total. The van der Waals surface area contributed by atoms with Crippen LogP contribution >= 0.6 is 0 Å². The Morgan fingerprint density at radius 1 is 1.20 bits per heavy atom. The van der Waals surface area contributed by atoms with E-state index in [4.69, 9.17) is 9.47 Å². The predicted octanol–water partition coefficient (Wildman–Crippen LogP) is 2.79. The van der Waals surface area contributed by atoms with Gasteiger partial charge in [0.15, 0.2) is 0 Å². The van der Waals surface area contributed by atoms with E-state index in [1.807, 2.05) is 0 Å². The van der Waals surface area contributed by atoms with Gasteiger partial charge >= 0.3 is 5.97 Å². The van der Waals surface area contributed by atoms with Crippen molar-refractivity contribution in [1.29, 1.82) is 0 Å². The normalized spacial score (nSPS) is 31.6. The molecular weight excluding hydrogens is 266 g/mol.